The van der Waals surface area contributed by atoms with Gasteiger partial charge in [0.15, 0.2) is 11.9 Å². The number of nitrogens with two attached hydrogens (primary N) is 3. The predicted octanol–water partition coefficient (Wildman–Crippen LogP) is -2.79. The first kappa shape index (κ1) is 23.6. The van der Waals surface area contributed by atoms with Gasteiger partial charge in [0.05, 0.1) is 12.0 Å². The largest absolute Gasteiger partial charge is 0.480 e. The molecule has 0 radical (unpaired) electrons. The number of hydrogen-bond donors (Lipinski definition) is 8. The van der Waals surface area contributed by atoms with Crippen LogP contribution in [-0.2, 0) is 9.53 Å². The van der Waals surface area contributed by atoms with Gasteiger partial charge in [-0.05, 0) is 19.3 Å². The Bertz CT molecular complexity index is 1070. The Kier molecular flexibility index (Phi) is 7.10. The van der Waals surface area contributed by atoms with E-state index < -0.39 is 48.7 Å². The second-order valence-corrected chi connectivity index (χ2v) is 7.54. The zero-order chi connectivity index (χ0) is 23.6. The Balaban J connectivity index is 1.89. The molecule has 5 atom stereocenters. The first-order chi connectivity index (χ1) is 15.1. The molecule has 11 N–H and O–H groups in total. The summed E-state index contributed by atoms with van der Waals surface area (Å²) in [6.45, 7) is -0.259. The number of unbranched alkanes of at least 4 members (excludes halogenated alkanes) is 1. The van der Waals surface area contributed by atoms with Gasteiger partial charge in [-0.1, -0.05) is 0 Å². The number of aliphatic carboxylic acids is 1. The highest BCUT2D eigenvalue weighted by atomic mass is 16.6. The van der Waals surface area contributed by atoms with E-state index in [1.807, 2.05) is 0 Å². The van der Waals surface area contributed by atoms with Crippen molar-refractivity contribution >= 4 is 28.8 Å². The fourth-order valence-electron chi connectivity index (χ4n) is 3.55. The van der Waals surface area contributed by atoms with Gasteiger partial charge >= 0.3 is 5.97 Å². The molecule has 1 fully saturated rings. The van der Waals surface area contributed by atoms with Crippen LogP contribution in [0.3, 0.4) is 0 Å². The zero-order valence-electron chi connectivity index (χ0n) is 17.1. The summed E-state index contributed by atoms with van der Waals surface area (Å²) in [6.07, 6.45) is -2.20. The van der Waals surface area contributed by atoms with Crippen LogP contribution in [-0.4, -0.2) is 84.3 Å². The molecule has 3 rings (SSSR count). The standard InChI is InChI=1S/C18H27N7O7/c19-8(17(30)31)3-1-2-4-22-13(20)7-5-25(14-10(7)15(29)24-18(21)23-14)16-12(28)11(27)9(6-26)32-16/h5,8-9,11-12,16,26-28H,1-4,6,19H2,(H2,20,22)(H,30,31)(H3,21,23,24,29)/t8-,9+,11+,12+,16+/m0/s1. The summed E-state index contributed by atoms with van der Waals surface area (Å²) < 4.78 is 6.85. The molecule has 0 aromatic carbocycles. The van der Waals surface area contributed by atoms with E-state index in [4.69, 9.17) is 27.0 Å². The van der Waals surface area contributed by atoms with Crippen molar-refractivity contribution in [1.82, 2.24) is 14.5 Å². The van der Waals surface area contributed by atoms with Crippen LogP contribution in [0.1, 0.15) is 31.1 Å². The van der Waals surface area contributed by atoms with Gasteiger partial charge in [-0.3, -0.25) is 19.6 Å². The number of aromatic nitrogens is 3. The summed E-state index contributed by atoms with van der Waals surface area (Å²) in [5.41, 5.74) is 16.9. The van der Waals surface area contributed by atoms with Gasteiger partial charge in [0, 0.05) is 18.3 Å². The molecule has 0 bridgehead atoms. The number of aliphatic hydroxyl groups excluding tert-OH is 3. The average molecular weight is 453 g/mol. The van der Waals surface area contributed by atoms with Gasteiger partial charge in [-0.2, -0.15) is 4.98 Å². The Morgan fingerprint density at radius 2 is 2.06 bits per heavy atom. The SMILES string of the molecule is NC(=NCCCC[C@H](N)C(=O)O)c1cn([C@@H]2O[C@H](CO)[C@@H](O)[C@H]2O)c2nc(N)[nH]c(=O)c12. The quantitative estimate of drug-likeness (QED) is 0.109. The van der Waals surface area contributed by atoms with Crippen molar-refractivity contribution in [3.05, 3.63) is 22.1 Å². The summed E-state index contributed by atoms with van der Waals surface area (Å²) in [5.74, 6) is -1.23. The molecule has 14 nitrogen and oxygen atoms in total. The minimum Gasteiger partial charge on any atom is -0.480 e. The van der Waals surface area contributed by atoms with Gasteiger partial charge in [0.2, 0.25) is 5.95 Å². The lowest BCUT2D eigenvalue weighted by atomic mass is 10.1. The van der Waals surface area contributed by atoms with E-state index >= 15 is 0 Å². The highest BCUT2D eigenvalue weighted by Gasteiger charge is 2.44. The van der Waals surface area contributed by atoms with E-state index in [2.05, 4.69) is 15.0 Å². The number of aliphatic hydroxyl groups is 3. The number of ether oxygens (including phenoxy) is 1. The predicted molar refractivity (Wildman–Crippen MR) is 113 cm³/mol. The molecule has 176 valence electrons. The van der Waals surface area contributed by atoms with Crippen molar-refractivity contribution in [1.29, 1.82) is 0 Å². The molecule has 32 heavy (non-hydrogen) atoms. The molecule has 2 aromatic heterocycles. The number of aromatic amines is 1. The molecule has 0 saturated carbocycles. The topological polar surface area (TPSA) is 248 Å². The normalized spacial score (nSPS) is 24.8. The third-order valence-electron chi connectivity index (χ3n) is 5.29. The summed E-state index contributed by atoms with van der Waals surface area (Å²) in [6, 6.07) is -0.944. The van der Waals surface area contributed by atoms with Crippen molar-refractivity contribution in [2.75, 3.05) is 18.9 Å². The molecule has 0 unspecified atom stereocenters. The molecular weight excluding hydrogens is 426 g/mol. The number of aliphatic imine (C=N–C) groups is 1. The lowest BCUT2D eigenvalue weighted by Gasteiger charge is -2.17. The molecule has 3 heterocycles. The molecule has 0 aliphatic carbocycles. The lowest BCUT2D eigenvalue weighted by Crippen LogP contribution is -2.33. The van der Waals surface area contributed by atoms with Gasteiger partial charge in [0.1, 0.15) is 30.2 Å². The van der Waals surface area contributed by atoms with E-state index in [0.29, 0.717) is 12.8 Å². The maximum atomic E-state index is 12.6. The van der Waals surface area contributed by atoms with Gasteiger partial charge < -0.3 is 46.9 Å². The van der Waals surface area contributed by atoms with Gasteiger partial charge in [-0.25, -0.2) is 0 Å². The number of amidine groups is 1. The summed E-state index contributed by atoms with van der Waals surface area (Å²) in [4.78, 5) is 34.1. The number of carboxylic acids is 1. The first-order valence-electron chi connectivity index (χ1n) is 9.97. The highest BCUT2D eigenvalue weighted by molar-refractivity contribution is 6.08. The van der Waals surface area contributed by atoms with Gasteiger partial charge in [0.25, 0.3) is 5.56 Å². The number of carbonyl (C=O) groups is 1. The number of hydrogen-bond acceptors (Lipinski definition) is 10. The van der Waals surface area contributed by atoms with E-state index in [0.717, 1.165) is 0 Å². The smallest absolute Gasteiger partial charge is 0.320 e. The molecule has 0 amide bonds. The van der Waals surface area contributed by atoms with E-state index in [-0.39, 0.29) is 41.3 Å². The number of rotatable bonds is 9. The van der Waals surface area contributed by atoms with Crippen molar-refractivity contribution in [3.63, 3.8) is 0 Å². The molecule has 1 aliphatic heterocycles. The van der Waals surface area contributed by atoms with E-state index in [9.17, 15) is 24.9 Å². The van der Waals surface area contributed by atoms with E-state index in [1.54, 1.807) is 0 Å². The number of nitrogen functional groups attached to an aromatic ring is 1. The lowest BCUT2D eigenvalue weighted by molar-refractivity contribution is -0.138. The summed E-state index contributed by atoms with van der Waals surface area (Å²) in [7, 11) is 0. The fraction of sp³-hybridized carbons (Fsp3) is 0.556. The highest BCUT2D eigenvalue weighted by Crippen LogP contribution is 2.32. The second kappa shape index (κ2) is 9.62. The Morgan fingerprint density at radius 1 is 1.34 bits per heavy atom. The number of nitrogens with zero attached hydrogens (tertiary/aromatic N) is 3. The number of H-pyrrole nitrogens is 1. The van der Waals surface area contributed by atoms with Crippen LogP contribution >= 0.6 is 0 Å². The molecule has 14 heteroatoms. The number of fused-ring (bicyclic) bond motifs is 1. The van der Waals surface area contributed by atoms with Crippen LogP contribution < -0.4 is 22.8 Å². The van der Waals surface area contributed by atoms with Crippen molar-refractivity contribution in [3.8, 4) is 0 Å². The van der Waals surface area contributed by atoms with Crippen molar-refractivity contribution in [2.24, 2.45) is 16.5 Å². The zero-order valence-corrected chi connectivity index (χ0v) is 17.1. The number of nitrogens with one attached hydrogen (secondary N) is 1. The van der Waals surface area contributed by atoms with Crippen molar-refractivity contribution in [2.45, 2.75) is 49.8 Å². The molecule has 1 aliphatic rings. The maximum Gasteiger partial charge on any atom is 0.320 e. The number of anilines is 1. The fourth-order valence-corrected chi connectivity index (χ4v) is 3.55. The third-order valence-corrected chi connectivity index (χ3v) is 5.29. The van der Waals surface area contributed by atoms with Crippen LogP contribution in [0.15, 0.2) is 16.0 Å². The minimum atomic E-state index is -1.41. The van der Waals surface area contributed by atoms with Crippen LogP contribution in [0.2, 0.25) is 0 Å². The average Bonchev–Trinajstić information content (AvgIpc) is 3.25. The van der Waals surface area contributed by atoms with Crippen LogP contribution in [0, 0.1) is 0 Å². The molecule has 2 aromatic rings. The van der Waals surface area contributed by atoms with E-state index in [1.165, 1.54) is 10.8 Å². The molecule has 0 spiro atoms. The molecule has 1 saturated heterocycles. The summed E-state index contributed by atoms with van der Waals surface area (Å²) in [5, 5.41) is 38.7. The third kappa shape index (κ3) is 4.58. The monoisotopic (exact) mass is 453 g/mol. The minimum absolute atomic E-state index is 0.0140. The van der Waals surface area contributed by atoms with Crippen LogP contribution in [0.4, 0.5) is 5.95 Å². The van der Waals surface area contributed by atoms with Crippen molar-refractivity contribution < 1.29 is 30.0 Å². The Labute approximate surface area is 181 Å². The first-order valence-corrected chi connectivity index (χ1v) is 9.97. The van der Waals surface area contributed by atoms with Gasteiger partial charge in [-0.15, -0.1) is 0 Å². The van der Waals surface area contributed by atoms with Crippen LogP contribution in [0.5, 0.6) is 0 Å². The Morgan fingerprint density at radius 3 is 2.69 bits per heavy atom. The Hall–Kier alpha value is -3.04. The maximum absolute atomic E-state index is 12.6. The van der Waals surface area contributed by atoms with Crippen LogP contribution in [0.25, 0.3) is 11.0 Å². The second-order valence-electron chi connectivity index (χ2n) is 7.54. The summed E-state index contributed by atoms with van der Waals surface area (Å²) >= 11 is 0. The molecular formula is C18H27N7O7. The number of carboxylic acid groups (broad SMARTS) is 1.